The Balaban J connectivity index is 2.01. The summed E-state index contributed by atoms with van der Waals surface area (Å²) in [5.74, 6) is 0. The van der Waals surface area contributed by atoms with Crippen LogP contribution in [0.2, 0.25) is 0 Å². The molecule has 2 aromatic heterocycles. The van der Waals surface area contributed by atoms with Crippen molar-refractivity contribution >= 4 is 11.2 Å². The van der Waals surface area contributed by atoms with Gasteiger partial charge in [-0.2, -0.15) is 0 Å². The summed E-state index contributed by atoms with van der Waals surface area (Å²) in [6.07, 6.45) is 3.64. The van der Waals surface area contributed by atoms with Crippen LogP contribution in [0.5, 0.6) is 0 Å². The van der Waals surface area contributed by atoms with Crippen LogP contribution in [0.3, 0.4) is 0 Å². The van der Waals surface area contributed by atoms with Crippen molar-refractivity contribution in [1.82, 2.24) is 14.5 Å². The highest BCUT2D eigenvalue weighted by molar-refractivity contribution is 5.70. The molecule has 3 nitrogen and oxygen atoms in total. The van der Waals surface area contributed by atoms with E-state index >= 15 is 0 Å². The van der Waals surface area contributed by atoms with Crippen LogP contribution in [0, 0.1) is 0 Å². The van der Waals surface area contributed by atoms with Crippen molar-refractivity contribution in [3.63, 3.8) is 0 Å². The number of fused-ring (bicyclic) bond motifs is 1. The van der Waals surface area contributed by atoms with Crippen molar-refractivity contribution in [3.8, 4) is 0 Å². The van der Waals surface area contributed by atoms with E-state index in [0.717, 1.165) is 17.7 Å². The summed E-state index contributed by atoms with van der Waals surface area (Å²) in [6, 6.07) is 14.2. The SMILES string of the molecule is c1ccc(Cn2cnc3cccnc32)cc1. The third-order valence-corrected chi connectivity index (χ3v) is 2.57. The maximum absolute atomic E-state index is 4.34. The number of rotatable bonds is 2. The molecular weight excluding hydrogens is 198 g/mol. The first-order chi connectivity index (χ1) is 7.93. The van der Waals surface area contributed by atoms with Crippen LogP contribution >= 0.6 is 0 Å². The molecule has 0 unspecified atom stereocenters. The zero-order valence-electron chi connectivity index (χ0n) is 8.74. The van der Waals surface area contributed by atoms with E-state index in [9.17, 15) is 0 Å². The van der Waals surface area contributed by atoms with Gasteiger partial charge in [0.15, 0.2) is 5.65 Å². The predicted molar refractivity (Wildman–Crippen MR) is 63.1 cm³/mol. The van der Waals surface area contributed by atoms with E-state index in [1.165, 1.54) is 5.56 Å². The fraction of sp³-hybridized carbons (Fsp3) is 0.0769. The first kappa shape index (κ1) is 9.09. The van der Waals surface area contributed by atoms with Crippen LogP contribution in [0.4, 0.5) is 0 Å². The Hall–Kier alpha value is -2.16. The minimum atomic E-state index is 0.814. The first-order valence-corrected chi connectivity index (χ1v) is 5.23. The topological polar surface area (TPSA) is 30.7 Å². The molecule has 0 aliphatic heterocycles. The smallest absolute Gasteiger partial charge is 0.160 e. The summed E-state index contributed by atoms with van der Waals surface area (Å²) in [5.41, 5.74) is 3.14. The van der Waals surface area contributed by atoms with E-state index < -0.39 is 0 Å². The number of aromatic nitrogens is 3. The summed E-state index contributed by atoms with van der Waals surface area (Å²) in [6.45, 7) is 0.814. The molecule has 1 aromatic carbocycles. The second-order valence-electron chi connectivity index (χ2n) is 3.70. The molecule has 0 saturated heterocycles. The Bertz CT molecular complexity index is 599. The Morgan fingerprint density at radius 1 is 0.938 bits per heavy atom. The Labute approximate surface area is 93.4 Å². The second kappa shape index (κ2) is 3.77. The Morgan fingerprint density at radius 3 is 2.69 bits per heavy atom. The molecule has 0 aliphatic carbocycles. The van der Waals surface area contributed by atoms with Crippen LogP contribution < -0.4 is 0 Å². The first-order valence-electron chi connectivity index (χ1n) is 5.23. The van der Waals surface area contributed by atoms with Gasteiger partial charge in [-0.25, -0.2) is 9.97 Å². The predicted octanol–water partition coefficient (Wildman–Crippen LogP) is 2.48. The van der Waals surface area contributed by atoms with Gasteiger partial charge in [0.2, 0.25) is 0 Å². The van der Waals surface area contributed by atoms with Crippen molar-refractivity contribution in [2.24, 2.45) is 0 Å². The lowest BCUT2D eigenvalue weighted by Crippen LogP contribution is -1.98. The van der Waals surface area contributed by atoms with Gasteiger partial charge in [-0.3, -0.25) is 0 Å². The minimum absolute atomic E-state index is 0.814. The molecule has 0 fully saturated rings. The van der Waals surface area contributed by atoms with E-state index in [4.69, 9.17) is 0 Å². The molecule has 3 heteroatoms. The lowest BCUT2D eigenvalue weighted by molar-refractivity contribution is 0.814. The highest BCUT2D eigenvalue weighted by Gasteiger charge is 2.02. The summed E-state index contributed by atoms with van der Waals surface area (Å²) >= 11 is 0. The van der Waals surface area contributed by atoms with Crippen molar-refractivity contribution in [3.05, 3.63) is 60.6 Å². The van der Waals surface area contributed by atoms with Crippen molar-refractivity contribution < 1.29 is 0 Å². The summed E-state index contributed by atoms with van der Waals surface area (Å²) < 4.78 is 2.06. The lowest BCUT2D eigenvalue weighted by atomic mass is 10.2. The summed E-state index contributed by atoms with van der Waals surface area (Å²) in [7, 11) is 0. The highest BCUT2D eigenvalue weighted by Crippen LogP contribution is 2.11. The molecule has 0 saturated carbocycles. The van der Waals surface area contributed by atoms with Crippen LogP contribution in [0.25, 0.3) is 11.2 Å². The van der Waals surface area contributed by atoms with Gasteiger partial charge >= 0.3 is 0 Å². The van der Waals surface area contributed by atoms with Crippen LogP contribution in [0.1, 0.15) is 5.56 Å². The third-order valence-electron chi connectivity index (χ3n) is 2.57. The van der Waals surface area contributed by atoms with E-state index in [1.807, 2.05) is 36.7 Å². The summed E-state index contributed by atoms with van der Waals surface area (Å²) in [5, 5.41) is 0. The van der Waals surface area contributed by atoms with Crippen molar-refractivity contribution in [1.29, 1.82) is 0 Å². The largest absolute Gasteiger partial charge is 0.311 e. The molecule has 78 valence electrons. The van der Waals surface area contributed by atoms with Crippen LogP contribution in [-0.4, -0.2) is 14.5 Å². The molecule has 3 aromatic rings. The molecule has 2 heterocycles. The van der Waals surface area contributed by atoms with Gasteiger partial charge < -0.3 is 4.57 Å². The van der Waals surface area contributed by atoms with Gasteiger partial charge in [0, 0.05) is 6.20 Å². The molecular formula is C13H11N3. The fourth-order valence-electron chi connectivity index (χ4n) is 1.79. The molecule has 0 bridgehead atoms. The van der Waals surface area contributed by atoms with Gasteiger partial charge in [-0.05, 0) is 17.7 Å². The molecule has 0 atom stereocenters. The zero-order chi connectivity index (χ0) is 10.8. The van der Waals surface area contributed by atoms with Gasteiger partial charge in [0.25, 0.3) is 0 Å². The standard InChI is InChI=1S/C13H11N3/c1-2-5-11(6-3-1)9-16-10-15-12-7-4-8-14-13(12)16/h1-8,10H,9H2. The minimum Gasteiger partial charge on any atom is -0.311 e. The monoisotopic (exact) mass is 209 g/mol. The van der Waals surface area contributed by atoms with Crippen LogP contribution in [-0.2, 0) is 6.54 Å². The number of imidazole rings is 1. The maximum atomic E-state index is 4.34. The normalized spacial score (nSPS) is 10.8. The van der Waals surface area contributed by atoms with Gasteiger partial charge in [0.05, 0.1) is 12.9 Å². The Morgan fingerprint density at radius 2 is 1.81 bits per heavy atom. The fourth-order valence-corrected chi connectivity index (χ4v) is 1.79. The highest BCUT2D eigenvalue weighted by atomic mass is 15.1. The molecule has 0 radical (unpaired) electrons. The van der Waals surface area contributed by atoms with Gasteiger partial charge in [0.1, 0.15) is 5.52 Å². The van der Waals surface area contributed by atoms with Gasteiger partial charge in [-0.15, -0.1) is 0 Å². The second-order valence-corrected chi connectivity index (χ2v) is 3.70. The van der Waals surface area contributed by atoms with E-state index in [2.05, 4.69) is 26.7 Å². The van der Waals surface area contributed by atoms with Gasteiger partial charge in [-0.1, -0.05) is 30.3 Å². The number of hydrogen-bond donors (Lipinski definition) is 0. The number of pyridine rings is 1. The molecule has 0 spiro atoms. The molecule has 0 aliphatic rings. The molecule has 0 N–H and O–H groups in total. The van der Waals surface area contributed by atoms with Crippen LogP contribution in [0.15, 0.2) is 55.0 Å². The van der Waals surface area contributed by atoms with E-state index in [0.29, 0.717) is 0 Å². The lowest BCUT2D eigenvalue weighted by Gasteiger charge is -2.02. The average Bonchev–Trinajstić information content (AvgIpc) is 2.74. The number of hydrogen-bond acceptors (Lipinski definition) is 2. The molecule has 3 rings (SSSR count). The number of nitrogens with zero attached hydrogens (tertiary/aromatic N) is 3. The maximum Gasteiger partial charge on any atom is 0.160 e. The zero-order valence-corrected chi connectivity index (χ0v) is 8.74. The number of benzene rings is 1. The Kier molecular flexibility index (Phi) is 2.14. The average molecular weight is 209 g/mol. The summed E-state index contributed by atoms with van der Waals surface area (Å²) in [4.78, 5) is 8.65. The van der Waals surface area contributed by atoms with Crippen molar-refractivity contribution in [2.45, 2.75) is 6.54 Å². The van der Waals surface area contributed by atoms with E-state index in [-0.39, 0.29) is 0 Å². The van der Waals surface area contributed by atoms with Crippen molar-refractivity contribution in [2.75, 3.05) is 0 Å². The third kappa shape index (κ3) is 1.56. The quantitative estimate of drug-likeness (QED) is 0.649. The molecule has 0 amide bonds. The van der Waals surface area contributed by atoms with E-state index in [1.54, 1.807) is 6.20 Å². The molecule has 16 heavy (non-hydrogen) atoms.